The number of rotatable bonds is 0. The molecule has 2 heterocycles. The average molecular weight is 313 g/mol. The van der Waals surface area contributed by atoms with Crippen molar-refractivity contribution < 1.29 is 9.84 Å². The van der Waals surface area contributed by atoms with Crippen LogP contribution in [0.1, 0.15) is 61.6 Å². The minimum Gasteiger partial charge on any atom is -0.504 e. The van der Waals surface area contributed by atoms with E-state index in [9.17, 15) is 5.11 Å². The van der Waals surface area contributed by atoms with Crippen LogP contribution < -0.4 is 10.1 Å². The van der Waals surface area contributed by atoms with Gasteiger partial charge in [-0.2, -0.15) is 0 Å². The molecule has 0 amide bonds. The van der Waals surface area contributed by atoms with E-state index >= 15 is 0 Å². The van der Waals surface area contributed by atoms with E-state index in [-0.39, 0.29) is 0 Å². The van der Waals surface area contributed by atoms with Crippen molar-refractivity contribution in [3.8, 4) is 11.5 Å². The molecule has 1 aromatic rings. The van der Waals surface area contributed by atoms with E-state index < -0.39 is 0 Å². The second-order valence-corrected chi connectivity index (χ2v) is 8.06. The number of phenolic OH excluding ortho intramolecular Hbond substituents is 1. The highest BCUT2D eigenvalue weighted by Crippen LogP contribution is 2.56. The first kappa shape index (κ1) is 14.2. The monoisotopic (exact) mass is 313 g/mol. The Balaban J connectivity index is 1.73. The fraction of sp³-hybridized carbons (Fsp3) is 0.700. The first-order valence-corrected chi connectivity index (χ1v) is 9.54. The van der Waals surface area contributed by atoms with Gasteiger partial charge in [0.15, 0.2) is 11.5 Å². The van der Waals surface area contributed by atoms with Gasteiger partial charge < -0.3 is 15.2 Å². The third-order valence-corrected chi connectivity index (χ3v) is 7.07. The first-order chi connectivity index (χ1) is 11.3. The Morgan fingerprint density at radius 3 is 3.04 bits per heavy atom. The molecule has 1 aromatic carbocycles. The van der Waals surface area contributed by atoms with E-state index in [0.29, 0.717) is 17.2 Å². The lowest BCUT2D eigenvalue weighted by Crippen LogP contribution is -2.59. The summed E-state index contributed by atoms with van der Waals surface area (Å²) in [5.41, 5.74) is 4.66. The molecule has 2 aliphatic heterocycles. The van der Waals surface area contributed by atoms with Crippen molar-refractivity contribution in [2.45, 2.75) is 69.2 Å². The summed E-state index contributed by atoms with van der Waals surface area (Å²) in [7, 11) is 0. The molecule has 124 valence electrons. The summed E-state index contributed by atoms with van der Waals surface area (Å²) < 4.78 is 5.93. The number of hydrogen-bond acceptors (Lipinski definition) is 3. The van der Waals surface area contributed by atoms with Crippen LogP contribution in [0, 0.1) is 5.92 Å². The highest BCUT2D eigenvalue weighted by Gasteiger charge is 2.52. The van der Waals surface area contributed by atoms with Crippen LogP contribution in [0.25, 0.3) is 0 Å². The predicted molar refractivity (Wildman–Crippen MR) is 90.3 cm³/mol. The Bertz CT molecular complexity index is 637. The molecule has 4 aliphatic rings. The van der Waals surface area contributed by atoms with E-state index in [4.69, 9.17) is 4.74 Å². The van der Waals surface area contributed by atoms with Crippen molar-refractivity contribution in [3.63, 3.8) is 0 Å². The molecule has 23 heavy (non-hydrogen) atoms. The van der Waals surface area contributed by atoms with Crippen LogP contribution >= 0.6 is 0 Å². The highest BCUT2D eigenvalue weighted by atomic mass is 16.5. The lowest BCUT2D eigenvalue weighted by Gasteiger charge is -2.56. The molecule has 0 radical (unpaired) electrons. The van der Waals surface area contributed by atoms with Crippen molar-refractivity contribution in [2.75, 3.05) is 13.2 Å². The van der Waals surface area contributed by atoms with Crippen LogP contribution in [0.5, 0.6) is 11.5 Å². The maximum Gasteiger partial charge on any atom is 0.164 e. The molecule has 2 fully saturated rings. The van der Waals surface area contributed by atoms with Crippen LogP contribution in [0.4, 0.5) is 0 Å². The Hall–Kier alpha value is -1.22. The fourth-order valence-electron chi connectivity index (χ4n) is 6.11. The molecule has 3 heteroatoms. The van der Waals surface area contributed by atoms with Crippen LogP contribution in [0.15, 0.2) is 6.07 Å². The van der Waals surface area contributed by atoms with Gasteiger partial charge in [-0.25, -0.2) is 0 Å². The average Bonchev–Trinajstić information content (AvgIpc) is 2.83. The van der Waals surface area contributed by atoms with Gasteiger partial charge in [-0.15, -0.1) is 0 Å². The third kappa shape index (κ3) is 1.92. The summed E-state index contributed by atoms with van der Waals surface area (Å²) in [6.07, 6.45) is 11.1. The second-order valence-electron chi connectivity index (χ2n) is 8.06. The van der Waals surface area contributed by atoms with E-state index in [2.05, 4.69) is 11.4 Å². The molecule has 2 N–H and O–H groups in total. The number of piperidine rings is 1. The van der Waals surface area contributed by atoms with Crippen LogP contribution in [-0.2, 0) is 18.3 Å². The van der Waals surface area contributed by atoms with Gasteiger partial charge in [0, 0.05) is 17.0 Å². The fourth-order valence-corrected chi connectivity index (χ4v) is 6.11. The lowest BCUT2D eigenvalue weighted by molar-refractivity contribution is 0.0790. The van der Waals surface area contributed by atoms with Gasteiger partial charge in [-0.1, -0.05) is 12.8 Å². The number of phenols is 1. The highest BCUT2D eigenvalue weighted by molar-refractivity contribution is 5.58. The topological polar surface area (TPSA) is 41.5 Å². The van der Waals surface area contributed by atoms with Gasteiger partial charge >= 0.3 is 0 Å². The third-order valence-electron chi connectivity index (χ3n) is 7.07. The van der Waals surface area contributed by atoms with E-state index in [1.54, 1.807) is 0 Å². The van der Waals surface area contributed by atoms with Crippen molar-refractivity contribution in [2.24, 2.45) is 5.92 Å². The SMILES string of the molecule is Oc1cc2c(c3c1OCCCC3)C[C@@H]1NCC[C@]23CCCC[C@H]13. The zero-order valence-corrected chi connectivity index (χ0v) is 13.9. The molecule has 0 spiro atoms. The molecule has 0 aromatic heterocycles. The van der Waals surface area contributed by atoms with Crippen LogP contribution in [0.2, 0.25) is 0 Å². The van der Waals surface area contributed by atoms with Crippen molar-refractivity contribution in [3.05, 3.63) is 22.8 Å². The van der Waals surface area contributed by atoms with Crippen molar-refractivity contribution >= 4 is 0 Å². The van der Waals surface area contributed by atoms with Crippen LogP contribution in [0.3, 0.4) is 0 Å². The first-order valence-electron chi connectivity index (χ1n) is 9.54. The summed E-state index contributed by atoms with van der Waals surface area (Å²) in [4.78, 5) is 0. The lowest BCUT2D eigenvalue weighted by atomic mass is 9.52. The maximum atomic E-state index is 10.7. The maximum absolute atomic E-state index is 10.7. The van der Waals surface area contributed by atoms with E-state index in [1.165, 1.54) is 55.2 Å². The molecule has 1 saturated heterocycles. The molecule has 2 bridgehead atoms. The molecule has 1 saturated carbocycles. The summed E-state index contributed by atoms with van der Waals surface area (Å²) >= 11 is 0. The van der Waals surface area contributed by atoms with Crippen molar-refractivity contribution in [1.29, 1.82) is 0 Å². The van der Waals surface area contributed by atoms with Crippen LogP contribution in [-0.4, -0.2) is 24.3 Å². The smallest absolute Gasteiger partial charge is 0.164 e. The summed E-state index contributed by atoms with van der Waals surface area (Å²) in [6, 6.07) is 2.73. The molecule has 0 unspecified atom stereocenters. The van der Waals surface area contributed by atoms with Crippen molar-refractivity contribution in [1.82, 2.24) is 5.32 Å². The number of aromatic hydroxyl groups is 1. The second kappa shape index (κ2) is 5.14. The molecule has 3 nitrogen and oxygen atoms in total. The van der Waals surface area contributed by atoms with Gasteiger partial charge in [0.2, 0.25) is 0 Å². The van der Waals surface area contributed by atoms with Gasteiger partial charge in [-0.05, 0) is 74.6 Å². The zero-order chi connectivity index (χ0) is 15.4. The number of benzene rings is 1. The molecule has 3 atom stereocenters. The van der Waals surface area contributed by atoms with Gasteiger partial charge in [0.25, 0.3) is 0 Å². The molecule has 2 aliphatic carbocycles. The molecular weight excluding hydrogens is 286 g/mol. The van der Waals surface area contributed by atoms with Gasteiger partial charge in [0.1, 0.15) is 0 Å². The van der Waals surface area contributed by atoms with Gasteiger partial charge in [-0.3, -0.25) is 0 Å². The number of nitrogens with one attached hydrogen (secondary N) is 1. The predicted octanol–water partition coefficient (Wildman–Crippen LogP) is 3.45. The van der Waals surface area contributed by atoms with E-state index in [1.807, 2.05) is 0 Å². The molecular formula is C20H27NO2. The quantitative estimate of drug-likeness (QED) is 0.771. The Morgan fingerprint density at radius 1 is 1.13 bits per heavy atom. The minimum atomic E-state index is 0.320. The number of ether oxygens (including phenoxy) is 1. The Labute approximate surface area is 138 Å². The Kier molecular flexibility index (Phi) is 3.16. The Morgan fingerprint density at radius 2 is 2.09 bits per heavy atom. The van der Waals surface area contributed by atoms with Gasteiger partial charge in [0.05, 0.1) is 6.61 Å². The molecule has 5 rings (SSSR count). The summed E-state index contributed by atoms with van der Waals surface area (Å²) in [5, 5.41) is 14.5. The number of fused-ring (bicyclic) bond motifs is 3. The van der Waals surface area contributed by atoms with E-state index in [0.717, 1.165) is 44.1 Å². The largest absolute Gasteiger partial charge is 0.504 e. The normalized spacial score (nSPS) is 35.3. The summed E-state index contributed by atoms with van der Waals surface area (Å²) in [6.45, 7) is 1.88. The number of hydrogen-bond donors (Lipinski definition) is 2. The zero-order valence-electron chi connectivity index (χ0n) is 13.9. The minimum absolute atomic E-state index is 0.320. The summed E-state index contributed by atoms with van der Waals surface area (Å²) in [5.74, 6) is 1.96. The standard InChI is InChI=1S/C20H27NO2/c22-18-12-16-14(13-5-2-4-10-23-19(13)18)11-17-15-6-1-3-7-20(15,16)8-9-21-17/h12,15,17,21-22H,1-11H2/t15-,17+,20+/m1/s1.